The average molecular weight is 395 g/mol. The van der Waals surface area contributed by atoms with Crippen LogP contribution in [0.1, 0.15) is 16.1 Å². The van der Waals surface area contributed by atoms with Crippen molar-refractivity contribution in [3.05, 3.63) is 44.5 Å². The number of aromatic nitrogens is 2. The average Bonchev–Trinajstić information content (AvgIpc) is 3.20. The second kappa shape index (κ2) is 6.29. The van der Waals surface area contributed by atoms with Gasteiger partial charge < -0.3 is 10.6 Å². The highest BCUT2D eigenvalue weighted by Gasteiger charge is 2.27. The fourth-order valence-corrected chi connectivity index (χ4v) is 5.11. The summed E-state index contributed by atoms with van der Waals surface area (Å²) in [6, 6.07) is 3.82. The van der Waals surface area contributed by atoms with E-state index < -0.39 is 0 Å². The fourth-order valence-electron chi connectivity index (χ4n) is 3.26. The zero-order chi connectivity index (χ0) is 17.7. The van der Waals surface area contributed by atoms with Gasteiger partial charge in [0.2, 0.25) is 5.91 Å². The van der Waals surface area contributed by atoms with Gasteiger partial charge in [-0.15, -0.1) is 11.3 Å². The Morgan fingerprint density at radius 1 is 1.44 bits per heavy atom. The first-order chi connectivity index (χ1) is 12.0. The number of benzene rings is 1. The molecule has 0 unspecified atom stereocenters. The molecule has 0 atom stereocenters. The first kappa shape index (κ1) is 16.8. The zero-order valence-electron chi connectivity index (χ0n) is 13.6. The molecular formula is C17H16Cl2N4OS. The van der Waals surface area contributed by atoms with Crippen molar-refractivity contribution >= 4 is 50.5 Å². The summed E-state index contributed by atoms with van der Waals surface area (Å²) in [4.78, 5) is 14.9. The van der Waals surface area contributed by atoms with E-state index in [1.165, 1.54) is 5.56 Å². The summed E-state index contributed by atoms with van der Waals surface area (Å²) in [5.41, 5.74) is 8.59. The van der Waals surface area contributed by atoms with Crippen molar-refractivity contribution in [1.82, 2.24) is 14.7 Å². The lowest BCUT2D eigenvalue weighted by Crippen LogP contribution is -2.39. The van der Waals surface area contributed by atoms with Crippen molar-refractivity contribution in [3.63, 3.8) is 0 Å². The van der Waals surface area contributed by atoms with Crippen LogP contribution in [-0.2, 0) is 17.8 Å². The summed E-state index contributed by atoms with van der Waals surface area (Å²) in [7, 11) is 0. The van der Waals surface area contributed by atoms with Crippen LogP contribution in [0.25, 0.3) is 15.8 Å². The molecule has 0 radical (unpaired) electrons. The van der Waals surface area contributed by atoms with Gasteiger partial charge in [-0.3, -0.25) is 4.79 Å². The van der Waals surface area contributed by atoms with Crippen molar-refractivity contribution in [1.29, 1.82) is 0 Å². The summed E-state index contributed by atoms with van der Waals surface area (Å²) >= 11 is 14.4. The number of aryl methyl sites for hydroxylation is 1. The normalized spacial score (nSPS) is 14.2. The first-order valence-electron chi connectivity index (χ1n) is 7.92. The molecule has 1 aliphatic rings. The molecule has 0 spiro atoms. The summed E-state index contributed by atoms with van der Waals surface area (Å²) in [6.07, 6.45) is 2.69. The Morgan fingerprint density at radius 3 is 2.92 bits per heavy atom. The summed E-state index contributed by atoms with van der Waals surface area (Å²) < 4.78 is 2.79. The van der Waals surface area contributed by atoms with E-state index in [0.717, 1.165) is 32.8 Å². The van der Waals surface area contributed by atoms with Crippen molar-refractivity contribution in [2.45, 2.75) is 19.9 Å². The van der Waals surface area contributed by atoms with Crippen LogP contribution in [0.15, 0.2) is 18.3 Å². The van der Waals surface area contributed by atoms with Gasteiger partial charge in [-0.25, -0.2) is 4.68 Å². The van der Waals surface area contributed by atoms with Crippen LogP contribution in [0.3, 0.4) is 0 Å². The summed E-state index contributed by atoms with van der Waals surface area (Å²) in [5.74, 6) is -0.0323. The van der Waals surface area contributed by atoms with Gasteiger partial charge in [-0.2, -0.15) is 5.10 Å². The number of carbonyl (C=O) groups is 1. The van der Waals surface area contributed by atoms with E-state index in [1.807, 2.05) is 29.9 Å². The minimum atomic E-state index is -0.0323. The van der Waals surface area contributed by atoms with Crippen LogP contribution < -0.4 is 5.73 Å². The number of thiophene rings is 1. The van der Waals surface area contributed by atoms with E-state index in [9.17, 15) is 4.79 Å². The number of halogens is 2. The Bertz CT molecular complexity index is 994. The molecule has 0 bridgehead atoms. The summed E-state index contributed by atoms with van der Waals surface area (Å²) in [5, 5.41) is 6.67. The van der Waals surface area contributed by atoms with Crippen molar-refractivity contribution < 1.29 is 4.79 Å². The highest BCUT2D eigenvalue weighted by molar-refractivity contribution is 7.20. The second-order valence-corrected chi connectivity index (χ2v) is 7.96. The van der Waals surface area contributed by atoms with E-state index in [1.54, 1.807) is 16.2 Å². The molecule has 1 amide bonds. The molecule has 5 nitrogen and oxygen atoms in total. The lowest BCUT2D eigenvalue weighted by Gasteiger charge is -2.26. The largest absolute Gasteiger partial charge is 0.336 e. The number of nitrogens with two attached hydrogens (primary N) is 1. The van der Waals surface area contributed by atoms with E-state index in [4.69, 9.17) is 28.9 Å². The van der Waals surface area contributed by atoms with Crippen molar-refractivity contribution in [3.8, 4) is 5.69 Å². The van der Waals surface area contributed by atoms with Gasteiger partial charge in [0.05, 0.1) is 39.2 Å². The smallest absolute Gasteiger partial charge is 0.236 e. The third-order valence-electron chi connectivity index (χ3n) is 4.48. The molecule has 25 heavy (non-hydrogen) atoms. The summed E-state index contributed by atoms with van der Waals surface area (Å²) in [6.45, 7) is 3.21. The van der Waals surface area contributed by atoms with Gasteiger partial charge in [0.25, 0.3) is 0 Å². The van der Waals surface area contributed by atoms with Crippen LogP contribution in [0.5, 0.6) is 0 Å². The molecule has 3 heterocycles. The predicted molar refractivity (Wildman–Crippen MR) is 102 cm³/mol. The Labute approximate surface area is 158 Å². The predicted octanol–water partition coefficient (Wildman–Crippen LogP) is 3.55. The number of hydrogen-bond acceptors (Lipinski definition) is 4. The Hall–Kier alpha value is -1.60. The molecule has 1 aliphatic heterocycles. The van der Waals surface area contributed by atoms with E-state index >= 15 is 0 Å². The Morgan fingerprint density at radius 2 is 2.24 bits per heavy atom. The highest BCUT2D eigenvalue weighted by Crippen LogP contribution is 2.44. The van der Waals surface area contributed by atoms with Gasteiger partial charge in [0.15, 0.2) is 0 Å². The van der Waals surface area contributed by atoms with Crippen LogP contribution in [-0.4, -0.2) is 33.7 Å². The molecule has 4 rings (SSSR count). The minimum Gasteiger partial charge on any atom is -0.336 e. The number of fused-ring (bicyclic) bond motifs is 3. The van der Waals surface area contributed by atoms with E-state index in [2.05, 4.69) is 5.10 Å². The number of nitrogens with zero attached hydrogens (tertiary/aromatic N) is 3. The topological polar surface area (TPSA) is 64.2 Å². The third kappa shape index (κ3) is 2.73. The number of hydrogen-bond donors (Lipinski definition) is 1. The lowest BCUT2D eigenvalue weighted by atomic mass is 10.0. The van der Waals surface area contributed by atoms with Crippen LogP contribution in [0, 0.1) is 6.92 Å². The van der Waals surface area contributed by atoms with Gasteiger partial charge in [-0.05, 0) is 31.0 Å². The monoisotopic (exact) mass is 394 g/mol. The van der Waals surface area contributed by atoms with Crippen molar-refractivity contribution in [2.24, 2.45) is 5.73 Å². The molecule has 2 aromatic heterocycles. The first-order valence-corrected chi connectivity index (χ1v) is 9.49. The molecule has 2 N–H and O–H groups in total. The highest BCUT2D eigenvalue weighted by atomic mass is 35.5. The van der Waals surface area contributed by atoms with Crippen molar-refractivity contribution in [2.75, 3.05) is 13.1 Å². The van der Waals surface area contributed by atoms with Gasteiger partial charge in [0.1, 0.15) is 0 Å². The number of rotatable bonds is 2. The van der Waals surface area contributed by atoms with E-state index in [0.29, 0.717) is 23.1 Å². The van der Waals surface area contributed by atoms with Gasteiger partial charge in [0, 0.05) is 23.0 Å². The number of amides is 1. The van der Waals surface area contributed by atoms with Crippen LogP contribution >= 0.6 is 34.5 Å². The SMILES string of the molecule is Cc1ccn(-c2cc(Cl)c(Cl)c3sc4c(c23)CCN(C(=O)CN)C4)n1. The molecule has 3 aromatic rings. The molecule has 8 heteroatoms. The quantitative estimate of drug-likeness (QED) is 0.722. The molecule has 0 saturated carbocycles. The maximum Gasteiger partial charge on any atom is 0.236 e. The fraction of sp³-hybridized carbons (Fsp3) is 0.294. The Balaban J connectivity index is 1.93. The standard InChI is InChI=1S/C17H16Cl2N4OS/c1-9-2-5-23(21-9)12-6-11(18)16(19)17-15(12)10-3-4-22(14(24)7-20)8-13(10)25-17/h2,5-6H,3-4,7-8,20H2,1H3. The second-order valence-electron chi connectivity index (χ2n) is 6.07. The molecule has 0 aliphatic carbocycles. The minimum absolute atomic E-state index is 0.0323. The number of carbonyl (C=O) groups excluding carboxylic acids is 1. The molecular weight excluding hydrogens is 379 g/mol. The third-order valence-corrected chi connectivity index (χ3v) is 6.62. The van der Waals surface area contributed by atoms with Gasteiger partial charge in [-0.1, -0.05) is 23.2 Å². The van der Waals surface area contributed by atoms with Crippen LogP contribution in [0.4, 0.5) is 0 Å². The molecule has 0 fully saturated rings. The zero-order valence-corrected chi connectivity index (χ0v) is 15.9. The molecule has 0 saturated heterocycles. The van der Waals surface area contributed by atoms with Gasteiger partial charge >= 0.3 is 0 Å². The maximum absolute atomic E-state index is 11.9. The lowest BCUT2D eigenvalue weighted by molar-refractivity contribution is -0.130. The van der Waals surface area contributed by atoms with Crippen LogP contribution in [0.2, 0.25) is 10.0 Å². The molecule has 130 valence electrons. The Kier molecular flexibility index (Phi) is 4.24. The van der Waals surface area contributed by atoms with E-state index in [-0.39, 0.29) is 12.5 Å². The maximum atomic E-state index is 11.9. The molecule has 1 aromatic carbocycles.